The number of aromatic nitrogens is 2. The highest BCUT2D eigenvalue weighted by Crippen LogP contribution is 2.43. The van der Waals surface area contributed by atoms with Gasteiger partial charge in [-0.1, -0.05) is 42.4 Å². The lowest BCUT2D eigenvalue weighted by Gasteiger charge is -2.43. The van der Waals surface area contributed by atoms with Gasteiger partial charge in [0.25, 0.3) is 0 Å². The minimum Gasteiger partial charge on any atom is -0.375 e. The van der Waals surface area contributed by atoms with Crippen molar-refractivity contribution in [1.29, 1.82) is 0 Å². The summed E-state index contributed by atoms with van der Waals surface area (Å²) < 4.78 is 7.11. The molecule has 1 aromatic rings. The highest BCUT2D eigenvalue weighted by molar-refractivity contribution is 8.01. The van der Waals surface area contributed by atoms with Crippen molar-refractivity contribution in [3.63, 3.8) is 0 Å². The maximum Gasteiger partial charge on any atom is 0.203 e. The zero-order valence-corrected chi connectivity index (χ0v) is 12.1. The number of nitrogen functional groups attached to an aromatic ring is 1. The van der Waals surface area contributed by atoms with Crippen LogP contribution in [-0.2, 0) is 4.74 Å². The summed E-state index contributed by atoms with van der Waals surface area (Å²) in [7, 11) is 0. The third-order valence-electron chi connectivity index (χ3n) is 3.90. The predicted molar refractivity (Wildman–Crippen MR) is 75.0 cm³/mol. The first-order chi connectivity index (χ1) is 8.76. The molecule has 2 fully saturated rings. The first-order valence-electron chi connectivity index (χ1n) is 6.65. The summed E-state index contributed by atoms with van der Waals surface area (Å²) >= 11 is 3.33. The Morgan fingerprint density at radius 1 is 1.28 bits per heavy atom. The van der Waals surface area contributed by atoms with Gasteiger partial charge in [-0.05, 0) is 25.7 Å². The van der Waals surface area contributed by atoms with Crippen LogP contribution in [-0.4, -0.2) is 27.7 Å². The van der Waals surface area contributed by atoms with Crippen LogP contribution >= 0.6 is 23.1 Å². The number of nitrogens with zero attached hydrogens (tertiary/aromatic N) is 2. The highest BCUT2D eigenvalue weighted by atomic mass is 32.2. The molecule has 2 N–H and O–H groups in total. The van der Waals surface area contributed by atoms with E-state index in [-0.39, 0.29) is 5.60 Å². The van der Waals surface area contributed by atoms with Crippen molar-refractivity contribution >= 4 is 28.2 Å². The van der Waals surface area contributed by atoms with E-state index < -0.39 is 0 Å². The maximum atomic E-state index is 6.11. The SMILES string of the molecule is Nc1nnc(SC2CCOC3(CCCCC3)C2)s1. The number of hydrogen-bond donors (Lipinski definition) is 1. The Hall–Kier alpha value is -0.330. The van der Waals surface area contributed by atoms with Crippen molar-refractivity contribution in [1.82, 2.24) is 10.2 Å². The Balaban J connectivity index is 1.63. The molecule has 0 bridgehead atoms. The van der Waals surface area contributed by atoms with Crippen LogP contribution in [0.1, 0.15) is 44.9 Å². The summed E-state index contributed by atoms with van der Waals surface area (Å²) in [6.07, 6.45) is 8.77. The number of nitrogens with two attached hydrogens (primary N) is 1. The lowest BCUT2D eigenvalue weighted by Crippen LogP contribution is -2.42. The van der Waals surface area contributed by atoms with E-state index in [2.05, 4.69) is 10.2 Å². The molecule has 4 nitrogen and oxygen atoms in total. The molecular formula is C12H19N3OS2. The van der Waals surface area contributed by atoms with Gasteiger partial charge in [-0.25, -0.2) is 0 Å². The number of rotatable bonds is 2. The Kier molecular flexibility index (Phi) is 3.77. The van der Waals surface area contributed by atoms with E-state index in [9.17, 15) is 0 Å². The molecule has 1 atom stereocenters. The standard InChI is InChI=1S/C12H19N3OS2/c13-10-14-15-11(18-10)17-9-4-7-16-12(8-9)5-2-1-3-6-12/h9H,1-8H2,(H2,13,14). The Bertz CT molecular complexity index is 398. The van der Waals surface area contributed by atoms with E-state index in [4.69, 9.17) is 10.5 Å². The molecule has 1 aliphatic heterocycles. The fourth-order valence-corrected chi connectivity index (χ4v) is 5.21. The Labute approximate surface area is 116 Å². The Morgan fingerprint density at radius 3 is 2.83 bits per heavy atom. The molecule has 2 aliphatic rings. The minimum absolute atomic E-state index is 0.171. The van der Waals surface area contributed by atoms with Crippen LogP contribution in [0.25, 0.3) is 0 Å². The van der Waals surface area contributed by atoms with E-state index in [1.165, 1.54) is 43.4 Å². The molecule has 1 unspecified atom stereocenters. The van der Waals surface area contributed by atoms with Gasteiger partial charge in [0.15, 0.2) is 4.34 Å². The molecule has 1 spiro atoms. The van der Waals surface area contributed by atoms with E-state index in [0.29, 0.717) is 10.4 Å². The molecule has 1 aliphatic carbocycles. The zero-order valence-electron chi connectivity index (χ0n) is 10.4. The van der Waals surface area contributed by atoms with Crippen LogP contribution in [0.5, 0.6) is 0 Å². The Morgan fingerprint density at radius 2 is 2.11 bits per heavy atom. The second kappa shape index (κ2) is 5.35. The summed E-state index contributed by atoms with van der Waals surface area (Å²) in [6.45, 7) is 0.895. The number of ether oxygens (including phenoxy) is 1. The van der Waals surface area contributed by atoms with E-state index >= 15 is 0 Å². The maximum absolute atomic E-state index is 6.11. The molecule has 1 aromatic heterocycles. The molecule has 18 heavy (non-hydrogen) atoms. The molecule has 2 heterocycles. The molecule has 0 aromatic carbocycles. The predicted octanol–water partition coefficient (Wildman–Crippen LogP) is 3.09. The normalized spacial score (nSPS) is 27.4. The lowest BCUT2D eigenvalue weighted by atomic mass is 9.80. The third-order valence-corrected chi connectivity index (χ3v) is 6.01. The van der Waals surface area contributed by atoms with Crippen LogP contribution in [0.15, 0.2) is 4.34 Å². The molecule has 6 heteroatoms. The van der Waals surface area contributed by atoms with Crippen LogP contribution < -0.4 is 5.73 Å². The van der Waals surface area contributed by atoms with Gasteiger partial charge in [-0.15, -0.1) is 10.2 Å². The molecule has 3 rings (SSSR count). The van der Waals surface area contributed by atoms with Crippen molar-refractivity contribution in [2.45, 2.75) is 60.1 Å². The van der Waals surface area contributed by atoms with Gasteiger partial charge >= 0.3 is 0 Å². The van der Waals surface area contributed by atoms with Crippen LogP contribution in [0.4, 0.5) is 5.13 Å². The topological polar surface area (TPSA) is 61.0 Å². The molecule has 1 saturated heterocycles. The van der Waals surface area contributed by atoms with Crippen LogP contribution in [0.2, 0.25) is 0 Å². The fourth-order valence-electron chi connectivity index (χ4n) is 3.04. The highest BCUT2D eigenvalue weighted by Gasteiger charge is 2.38. The molecular weight excluding hydrogens is 266 g/mol. The largest absolute Gasteiger partial charge is 0.375 e. The van der Waals surface area contributed by atoms with E-state index in [0.717, 1.165) is 23.8 Å². The summed E-state index contributed by atoms with van der Waals surface area (Å²) in [5, 5.41) is 9.17. The van der Waals surface area contributed by atoms with Crippen molar-refractivity contribution < 1.29 is 4.74 Å². The van der Waals surface area contributed by atoms with Crippen molar-refractivity contribution in [2.75, 3.05) is 12.3 Å². The van der Waals surface area contributed by atoms with Gasteiger partial charge in [0.1, 0.15) is 0 Å². The number of hydrogen-bond acceptors (Lipinski definition) is 6. The van der Waals surface area contributed by atoms with Gasteiger partial charge in [0, 0.05) is 11.9 Å². The molecule has 0 amide bonds. The summed E-state index contributed by atoms with van der Waals surface area (Å²) in [6, 6.07) is 0. The van der Waals surface area contributed by atoms with Gasteiger partial charge in [0.05, 0.1) is 5.60 Å². The van der Waals surface area contributed by atoms with Gasteiger partial charge in [0.2, 0.25) is 5.13 Å². The average Bonchev–Trinajstić information content (AvgIpc) is 2.76. The van der Waals surface area contributed by atoms with Crippen LogP contribution in [0, 0.1) is 0 Å². The first-order valence-corrected chi connectivity index (χ1v) is 8.35. The quantitative estimate of drug-likeness (QED) is 0.904. The van der Waals surface area contributed by atoms with Gasteiger partial charge < -0.3 is 10.5 Å². The summed E-state index contributed by atoms with van der Waals surface area (Å²) in [5.74, 6) is 0. The van der Waals surface area contributed by atoms with Crippen LogP contribution in [0.3, 0.4) is 0 Å². The lowest BCUT2D eigenvalue weighted by molar-refractivity contribution is -0.0970. The van der Waals surface area contributed by atoms with Crippen molar-refractivity contribution in [3.8, 4) is 0 Å². The third kappa shape index (κ3) is 2.81. The second-order valence-corrected chi connectivity index (χ2v) is 7.79. The molecule has 0 radical (unpaired) electrons. The van der Waals surface area contributed by atoms with Gasteiger partial charge in [-0.2, -0.15) is 0 Å². The number of anilines is 1. The summed E-state index contributed by atoms with van der Waals surface area (Å²) in [5.41, 5.74) is 5.80. The molecule has 1 saturated carbocycles. The van der Waals surface area contributed by atoms with Crippen molar-refractivity contribution in [2.24, 2.45) is 0 Å². The van der Waals surface area contributed by atoms with Gasteiger partial charge in [-0.3, -0.25) is 0 Å². The minimum atomic E-state index is 0.171. The van der Waals surface area contributed by atoms with Crippen molar-refractivity contribution in [3.05, 3.63) is 0 Å². The molecule has 100 valence electrons. The average molecular weight is 285 g/mol. The van der Waals surface area contributed by atoms with E-state index in [1.54, 1.807) is 0 Å². The monoisotopic (exact) mass is 285 g/mol. The first kappa shape index (κ1) is 12.7. The zero-order chi connectivity index (χ0) is 12.4. The second-order valence-electron chi connectivity index (χ2n) is 5.23. The smallest absolute Gasteiger partial charge is 0.203 e. The van der Waals surface area contributed by atoms with E-state index in [1.807, 2.05) is 11.8 Å². The summed E-state index contributed by atoms with van der Waals surface area (Å²) in [4.78, 5) is 0. The fraction of sp³-hybridized carbons (Fsp3) is 0.833. The number of thioether (sulfide) groups is 1.